The van der Waals surface area contributed by atoms with E-state index in [9.17, 15) is 0 Å². The molecule has 100 valence electrons. The number of rotatable bonds is 1. The topological polar surface area (TPSA) is 18.5 Å². The smallest absolute Gasteiger partial charge is 0.161 e. The molecule has 2 atom stereocenters. The molecular formula is C15H21BrO2. The van der Waals surface area contributed by atoms with E-state index in [1.807, 2.05) is 6.07 Å². The molecule has 0 amide bonds. The van der Waals surface area contributed by atoms with E-state index in [1.165, 1.54) is 5.56 Å². The molecule has 2 rings (SSSR count). The second-order valence-corrected chi connectivity index (χ2v) is 7.08. The van der Waals surface area contributed by atoms with Crippen LogP contribution in [0.2, 0.25) is 0 Å². The summed E-state index contributed by atoms with van der Waals surface area (Å²) in [6, 6.07) is 6.23. The van der Waals surface area contributed by atoms with Crippen LogP contribution in [0.5, 0.6) is 11.5 Å². The Morgan fingerprint density at radius 1 is 1.17 bits per heavy atom. The van der Waals surface area contributed by atoms with Crippen molar-refractivity contribution in [2.75, 3.05) is 13.2 Å². The first-order valence-electron chi connectivity index (χ1n) is 6.41. The summed E-state index contributed by atoms with van der Waals surface area (Å²) in [5, 5.41) is 0. The Labute approximate surface area is 118 Å². The van der Waals surface area contributed by atoms with E-state index in [4.69, 9.17) is 9.47 Å². The SMILES string of the molecule is CC1COc2ccc(C(Br)C(C)(C)C)cc2OC1. The van der Waals surface area contributed by atoms with Crippen molar-refractivity contribution >= 4 is 15.9 Å². The van der Waals surface area contributed by atoms with Gasteiger partial charge in [-0.15, -0.1) is 0 Å². The third kappa shape index (κ3) is 3.00. The fraction of sp³-hybridized carbons (Fsp3) is 0.600. The predicted molar refractivity (Wildman–Crippen MR) is 77.7 cm³/mol. The van der Waals surface area contributed by atoms with Gasteiger partial charge in [-0.25, -0.2) is 0 Å². The lowest BCUT2D eigenvalue weighted by Crippen LogP contribution is -2.13. The van der Waals surface area contributed by atoms with Gasteiger partial charge in [-0.1, -0.05) is 49.7 Å². The normalized spacial score (nSPS) is 21.3. The van der Waals surface area contributed by atoms with Gasteiger partial charge in [0.15, 0.2) is 11.5 Å². The van der Waals surface area contributed by atoms with Crippen molar-refractivity contribution in [3.63, 3.8) is 0 Å². The van der Waals surface area contributed by atoms with Crippen LogP contribution in [0.1, 0.15) is 38.1 Å². The number of alkyl halides is 1. The van der Waals surface area contributed by atoms with E-state index in [1.54, 1.807) is 0 Å². The summed E-state index contributed by atoms with van der Waals surface area (Å²) in [6.45, 7) is 10.2. The Balaban J connectivity index is 2.27. The van der Waals surface area contributed by atoms with E-state index in [0.29, 0.717) is 10.7 Å². The highest BCUT2D eigenvalue weighted by molar-refractivity contribution is 9.09. The molecule has 0 radical (unpaired) electrons. The Morgan fingerprint density at radius 2 is 1.78 bits per heavy atom. The summed E-state index contributed by atoms with van der Waals surface area (Å²) in [6.07, 6.45) is 0. The second-order valence-electron chi connectivity index (χ2n) is 6.16. The Morgan fingerprint density at radius 3 is 2.39 bits per heavy atom. The lowest BCUT2D eigenvalue weighted by Gasteiger charge is -2.26. The number of hydrogen-bond acceptors (Lipinski definition) is 2. The molecule has 1 aliphatic rings. The Kier molecular flexibility index (Phi) is 3.90. The molecule has 0 aromatic heterocycles. The van der Waals surface area contributed by atoms with Crippen LogP contribution >= 0.6 is 15.9 Å². The first-order valence-corrected chi connectivity index (χ1v) is 7.33. The van der Waals surface area contributed by atoms with Crippen LogP contribution in [-0.4, -0.2) is 13.2 Å². The molecule has 2 nitrogen and oxygen atoms in total. The fourth-order valence-electron chi connectivity index (χ4n) is 1.93. The third-order valence-corrected chi connectivity index (χ3v) is 4.97. The average Bonchev–Trinajstić information content (AvgIpc) is 2.49. The number of halogens is 1. The van der Waals surface area contributed by atoms with Crippen LogP contribution in [-0.2, 0) is 0 Å². The van der Waals surface area contributed by atoms with Crippen molar-refractivity contribution in [2.45, 2.75) is 32.5 Å². The Bertz CT molecular complexity index is 423. The first-order chi connectivity index (χ1) is 8.38. The van der Waals surface area contributed by atoms with Gasteiger partial charge in [0.25, 0.3) is 0 Å². The van der Waals surface area contributed by atoms with Gasteiger partial charge in [0.2, 0.25) is 0 Å². The van der Waals surface area contributed by atoms with Crippen LogP contribution in [0.25, 0.3) is 0 Å². The minimum Gasteiger partial charge on any atom is -0.489 e. The number of fused-ring (bicyclic) bond motifs is 1. The van der Waals surface area contributed by atoms with Gasteiger partial charge in [0.05, 0.1) is 13.2 Å². The molecule has 0 fully saturated rings. The standard InChI is InChI=1S/C15H21BrO2/c1-10-8-17-12-6-5-11(7-13(12)18-9-10)14(16)15(2,3)4/h5-7,10,14H,8-9H2,1-4H3. The highest BCUT2D eigenvalue weighted by Gasteiger charge is 2.25. The predicted octanol–water partition coefficient (Wildman–Crippen LogP) is 4.58. The van der Waals surface area contributed by atoms with Gasteiger partial charge in [-0.3, -0.25) is 0 Å². The van der Waals surface area contributed by atoms with Crippen molar-refractivity contribution in [1.29, 1.82) is 0 Å². The zero-order valence-corrected chi connectivity index (χ0v) is 13.1. The molecule has 2 unspecified atom stereocenters. The zero-order chi connectivity index (χ0) is 13.3. The number of hydrogen-bond donors (Lipinski definition) is 0. The zero-order valence-electron chi connectivity index (χ0n) is 11.5. The molecular weight excluding hydrogens is 292 g/mol. The summed E-state index contributed by atoms with van der Waals surface area (Å²) in [5.74, 6) is 2.16. The lowest BCUT2D eigenvalue weighted by molar-refractivity contribution is 0.228. The van der Waals surface area contributed by atoms with Gasteiger partial charge in [0.1, 0.15) is 0 Å². The average molecular weight is 313 g/mol. The summed E-state index contributed by atoms with van der Waals surface area (Å²) < 4.78 is 11.6. The monoisotopic (exact) mass is 312 g/mol. The first kappa shape index (κ1) is 13.7. The molecule has 0 saturated heterocycles. The van der Waals surface area contributed by atoms with Gasteiger partial charge in [-0.05, 0) is 23.1 Å². The van der Waals surface area contributed by atoms with Crippen molar-refractivity contribution in [2.24, 2.45) is 11.3 Å². The third-order valence-electron chi connectivity index (χ3n) is 3.07. The molecule has 18 heavy (non-hydrogen) atoms. The summed E-state index contributed by atoms with van der Waals surface area (Å²) in [7, 11) is 0. The molecule has 1 aromatic rings. The van der Waals surface area contributed by atoms with Crippen molar-refractivity contribution < 1.29 is 9.47 Å². The van der Waals surface area contributed by atoms with E-state index in [-0.39, 0.29) is 5.41 Å². The maximum absolute atomic E-state index is 5.82. The number of ether oxygens (including phenoxy) is 2. The van der Waals surface area contributed by atoms with E-state index >= 15 is 0 Å². The van der Waals surface area contributed by atoms with Gasteiger partial charge in [0, 0.05) is 10.7 Å². The van der Waals surface area contributed by atoms with Crippen molar-refractivity contribution in [1.82, 2.24) is 0 Å². The maximum Gasteiger partial charge on any atom is 0.161 e. The van der Waals surface area contributed by atoms with E-state index in [2.05, 4.69) is 55.8 Å². The molecule has 0 N–H and O–H groups in total. The van der Waals surface area contributed by atoms with Gasteiger partial charge >= 0.3 is 0 Å². The molecule has 1 aliphatic heterocycles. The highest BCUT2D eigenvalue weighted by Crippen LogP contribution is 2.43. The summed E-state index contributed by atoms with van der Waals surface area (Å²) in [5.41, 5.74) is 1.41. The van der Waals surface area contributed by atoms with E-state index in [0.717, 1.165) is 24.7 Å². The molecule has 0 aliphatic carbocycles. The molecule has 3 heteroatoms. The van der Waals surface area contributed by atoms with E-state index < -0.39 is 0 Å². The van der Waals surface area contributed by atoms with Crippen molar-refractivity contribution in [3.05, 3.63) is 23.8 Å². The van der Waals surface area contributed by atoms with Crippen LogP contribution in [0.15, 0.2) is 18.2 Å². The van der Waals surface area contributed by atoms with Crippen LogP contribution < -0.4 is 9.47 Å². The fourth-order valence-corrected chi connectivity index (χ4v) is 2.21. The molecule has 1 heterocycles. The van der Waals surface area contributed by atoms with Crippen LogP contribution in [0.4, 0.5) is 0 Å². The minimum atomic E-state index is 0.174. The summed E-state index contributed by atoms with van der Waals surface area (Å²) in [4.78, 5) is 0.305. The minimum absolute atomic E-state index is 0.174. The molecule has 0 spiro atoms. The highest BCUT2D eigenvalue weighted by atomic mass is 79.9. The van der Waals surface area contributed by atoms with Crippen LogP contribution in [0, 0.1) is 11.3 Å². The summed E-state index contributed by atoms with van der Waals surface area (Å²) >= 11 is 3.77. The lowest BCUT2D eigenvalue weighted by atomic mass is 9.88. The Hall–Kier alpha value is -0.700. The maximum atomic E-state index is 5.82. The molecule has 0 saturated carbocycles. The molecule has 1 aromatic carbocycles. The second kappa shape index (κ2) is 5.12. The molecule has 0 bridgehead atoms. The quantitative estimate of drug-likeness (QED) is 0.707. The van der Waals surface area contributed by atoms with Crippen molar-refractivity contribution in [3.8, 4) is 11.5 Å². The largest absolute Gasteiger partial charge is 0.489 e. The van der Waals surface area contributed by atoms with Gasteiger partial charge in [-0.2, -0.15) is 0 Å². The van der Waals surface area contributed by atoms with Gasteiger partial charge < -0.3 is 9.47 Å². The van der Waals surface area contributed by atoms with Crippen LogP contribution in [0.3, 0.4) is 0 Å². The number of benzene rings is 1.